The van der Waals surface area contributed by atoms with Crippen LogP contribution < -0.4 is 0 Å². The van der Waals surface area contributed by atoms with Crippen LogP contribution in [-0.4, -0.2) is 56.4 Å². The first-order valence-corrected chi connectivity index (χ1v) is 10.9. The number of hydrogen-bond acceptors (Lipinski definition) is 4. The van der Waals surface area contributed by atoms with Gasteiger partial charge in [-0.05, 0) is 48.9 Å². The van der Waals surface area contributed by atoms with E-state index in [0.717, 1.165) is 36.8 Å². The van der Waals surface area contributed by atoms with Crippen molar-refractivity contribution in [1.82, 2.24) is 9.21 Å². The number of benzene rings is 1. The van der Waals surface area contributed by atoms with Crippen molar-refractivity contribution < 1.29 is 17.9 Å². The van der Waals surface area contributed by atoms with Crippen LogP contribution in [-0.2, 0) is 32.5 Å². The van der Waals surface area contributed by atoms with E-state index in [1.54, 1.807) is 21.3 Å². The lowest BCUT2D eigenvalue weighted by Gasteiger charge is -2.29. The average Bonchev–Trinajstić information content (AvgIpc) is 3.20. The molecule has 144 valence electrons. The molecule has 1 fully saturated rings. The summed E-state index contributed by atoms with van der Waals surface area (Å²) in [5.41, 5.74) is 2.06. The molecule has 3 rings (SSSR count). The molecule has 0 radical (unpaired) electrons. The Kier molecular flexibility index (Phi) is 6.32. The predicted molar refractivity (Wildman–Crippen MR) is 99.3 cm³/mol. The van der Waals surface area contributed by atoms with Gasteiger partial charge in [-0.3, -0.25) is 4.79 Å². The Balaban J connectivity index is 1.65. The van der Waals surface area contributed by atoms with Crippen molar-refractivity contribution in [3.63, 3.8) is 0 Å². The monoisotopic (exact) mass is 380 g/mol. The number of fused-ring (bicyclic) bond motifs is 1. The van der Waals surface area contributed by atoms with Crippen molar-refractivity contribution in [3.05, 3.63) is 29.3 Å². The predicted octanol–water partition coefficient (Wildman–Crippen LogP) is 2.17. The van der Waals surface area contributed by atoms with Gasteiger partial charge in [0.15, 0.2) is 0 Å². The van der Waals surface area contributed by atoms with Gasteiger partial charge in [0, 0.05) is 32.8 Å². The maximum atomic E-state index is 12.7. The van der Waals surface area contributed by atoms with Gasteiger partial charge in [-0.15, -0.1) is 0 Å². The molecular formula is C19H28N2O4S. The number of nitrogens with zero attached hydrogens (tertiary/aromatic N) is 2. The van der Waals surface area contributed by atoms with E-state index >= 15 is 0 Å². The number of rotatable bonds is 7. The molecule has 1 aromatic rings. The van der Waals surface area contributed by atoms with Crippen LogP contribution in [0.25, 0.3) is 0 Å². The van der Waals surface area contributed by atoms with Crippen LogP contribution in [0.2, 0.25) is 0 Å². The number of unbranched alkanes of at least 4 members (excludes halogenated alkanes) is 1. The van der Waals surface area contributed by atoms with Crippen molar-refractivity contribution in [2.75, 3.05) is 32.8 Å². The van der Waals surface area contributed by atoms with Gasteiger partial charge in [0.05, 0.1) is 4.90 Å². The normalized spacial score (nSPS) is 18.1. The van der Waals surface area contributed by atoms with Crippen molar-refractivity contribution in [3.8, 4) is 0 Å². The maximum Gasteiger partial charge on any atom is 0.248 e. The molecule has 0 aliphatic carbocycles. The first-order chi connectivity index (χ1) is 12.5. The van der Waals surface area contributed by atoms with E-state index < -0.39 is 10.0 Å². The fraction of sp³-hybridized carbons (Fsp3) is 0.632. The Labute approximate surface area is 156 Å². The molecule has 26 heavy (non-hydrogen) atoms. The van der Waals surface area contributed by atoms with Gasteiger partial charge in [0.25, 0.3) is 0 Å². The van der Waals surface area contributed by atoms with Crippen LogP contribution in [0.1, 0.15) is 43.7 Å². The number of amides is 1. The molecule has 0 bridgehead atoms. The zero-order chi connectivity index (χ0) is 18.6. The quantitative estimate of drug-likeness (QED) is 0.680. The topological polar surface area (TPSA) is 66.9 Å². The molecule has 1 aromatic carbocycles. The van der Waals surface area contributed by atoms with Gasteiger partial charge in [0.1, 0.15) is 6.61 Å². The van der Waals surface area contributed by atoms with E-state index in [2.05, 4.69) is 6.92 Å². The minimum Gasteiger partial charge on any atom is -0.372 e. The highest BCUT2D eigenvalue weighted by Gasteiger charge is 2.29. The van der Waals surface area contributed by atoms with E-state index in [-0.39, 0.29) is 12.5 Å². The molecule has 0 unspecified atom stereocenters. The third-order valence-corrected chi connectivity index (χ3v) is 7.01. The SMILES string of the molecule is CCCCOCC(=O)N1CCc2cc(S(=O)(=O)N3CCCC3)ccc2C1. The summed E-state index contributed by atoms with van der Waals surface area (Å²) in [6.07, 6.45) is 4.56. The Bertz CT molecular complexity index is 742. The molecule has 0 aromatic heterocycles. The molecule has 2 aliphatic rings. The molecule has 0 N–H and O–H groups in total. The fourth-order valence-electron chi connectivity index (χ4n) is 3.48. The third kappa shape index (κ3) is 4.27. The Morgan fingerprint density at radius 2 is 1.92 bits per heavy atom. The number of sulfonamides is 1. The number of ether oxygens (including phenoxy) is 1. The zero-order valence-electron chi connectivity index (χ0n) is 15.4. The van der Waals surface area contributed by atoms with Crippen molar-refractivity contribution in [1.29, 1.82) is 0 Å². The first-order valence-electron chi connectivity index (χ1n) is 9.50. The summed E-state index contributed by atoms with van der Waals surface area (Å²) < 4.78 is 32.4. The second kappa shape index (κ2) is 8.50. The lowest BCUT2D eigenvalue weighted by atomic mass is 10.00. The highest BCUT2D eigenvalue weighted by Crippen LogP contribution is 2.26. The molecular weight excluding hydrogens is 352 g/mol. The first kappa shape index (κ1) is 19.3. The smallest absolute Gasteiger partial charge is 0.248 e. The summed E-state index contributed by atoms with van der Waals surface area (Å²) in [6.45, 7) is 5.18. The van der Waals surface area contributed by atoms with Crippen LogP contribution >= 0.6 is 0 Å². The molecule has 2 aliphatic heterocycles. The van der Waals surface area contributed by atoms with Crippen LogP contribution in [0.15, 0.2) is 23.1 Å². The summed E-state index contributed by atoms with van der Waals surface area (Å²) >= 11 is 0. The maximum absolute atomic E-state index is 12.7. The molecule has 1 saturated heterocycles. The number of carbonyl (C=O) groups excluding carboxylic acids is 1. The molecule has 0 atom stereocenters. The van der Waals surface area contributed by atoms with Gasteiger partial charge < -0.3 is 9.64 Å². The Morgan fingerprint density at radius 1 is 1.15 bits per heavy atom. The van der Waals surface area contributed by atoms with Gasteiger partial charge in [0.2, 0.25) is 15.9 Å². The zero-order valence-corrected chi connectivity index (χ0v) is 16.3. The minimum absolute atomic E-state index is 0.000479. The van der Waals surface area contributed by atoms with E-state index in [0.29, 0.717) is 44.1 Å². The van der Waals surface area contributed by atoms with Crippen molar-refractivity contribution in [2.45, 2.75) is 50.5 Å². The second-order valence-electron chi connectivity index (χ2n) is 7.01. The lowest BCUT2D eigenvalue weighted by molar-refractivity contribution is -0.137. The van der Waals surface area contributed by atoms with E-state index in [4.69, 9.17) is 4.74 Å². The molecule has 1 amide bonds. The van der Waals surface area contributed by atoms with Gasteiger partial charge in [-0.1, -0.05) is 19.4 Å². The van der Waals surface area contributed by atoms with Crippen LogP contribution in [0.5, 0.6) is 0 Å². The average molecular weight is 381 g/mol. The summed E-state index contributed by atoms with van der Waals surface area (Å²) in [6, 6.07) is 5.33. The highest BCUT2D eigenvalue weighted by atomic mass is 32.2. The van der Waals surface area contributed by atoms with Crippen LogP contribution in [0, 0.1) is 0 Å². The summed E-state index contributed by atoms with van der Waals surface area (Å²) in [5, 5.41) is 0. The van der Waals surface area contributed by atoms with Crippen molar-refractivity contribution >= 4 is 15.9 Å². The third-order valence-electron chi connectivity index (χ3n) is 5.11. The minimum atomic E-state index is -3.39. The van der Waals surface area contributed by atoms with Gasteiger partial charge in [-0.2, -0.15) is 4.31 Å². The summed E-state index contributed by atoms with van der Waals surface area (Å²) in [4.78, 5) is 14.4. The standard InChI is InChI=1S/C19H28N2O4S/c1-2-3-12-25-15-19(22)20-11-8-16-13-18(7-6-17(16)14-20)26(23,24)21-9-4-5-10-21/h6-7,13H,2-5,8-12,14-15H2,1H3. The highest BCUT2D eigenvalue weighted by molar-refractivity contribution is 7.89. The molecule has 2 heterocycles. The Morgan fingerprint density at radius 3 is 2.65 bits per heavy atom. The molecule has 6 nitrogen and oxygen atoms in total. The van der Waals surface area contributed by atoms with Crippen molar-refractivity contribution in [2.24, 2.45) is 0 Å². The molecule has 7 heteroatoms. The fourth-order valence-corrected chi connectivity index (χ4v) is 5.05. The van der Waals surface area contributed by atoms with E-state index in [1.165, 1.54) is 0 Å². The second-order valence-corrected chi connectivity index (χ2v) is 8.95. The summed E-state index contributed by atoms with van der Waals surface area (Å²) in [7, 11) is -3.39. The van der Waals surface area contributed by atoms with E-state index in [9.17, 15) is 13.2 Å². The number of carbonyl (C=O) groups is 1. The Hall–Kier alpha value is -1.44. The van der Waals surface area contributed by atoms with Crippen LogP contribution in [0.4, 0.5) is 0 Å². The lowest BCUT2D eigenvalue weighted by Crippen LogP contribution is -2.38. The molecule has 0 spiro atoms. The van der Waals surface area contributed by atoms with Crippen LogP contribution in [0.3, 0.4) is 0 Å². The number of hydrogen-bond donors (Lipinski definition) is 0. The van der Waals surface area contributed by atoms with Gasteiger partial charge >= 0.3 is 0 Å². The summed E-state index contributed by atoms with van der Waals surface area (Å²) in [5.74, 6) is 0.000479. The van der Waals surface area contributed by atoms with Gasteiger partial charge in [-0.25, -0.2) is 8.42 Å². The largest absolute Gasteiger partial charge is 0.372 e. The van der Waals surface area contributed by atoms with E-state index in [1.807, 2.05) is 6.07 Å². The molecule has 0 saturated carbocycles.